The summed E-state index contributed by atoms with van der Waals surface area (Å²) in [5.74, 6) is -1.32. The summed E-state index contributed by atoms with van der Waals surface area (Å²) < 4.78 is 2.98. The van der Waals surface area contributed by atoms with E-state index in [0.29, 0.717) is 11.3 Å². The lowest BCUT2D eigenvalue weighted by Crippen LogP contribution is -2.23. The number of carbonyl (C=O) groups excluding carboxylic acids is 1. The number of hydrogen-bond donors (Lipinski definition) is 2. The number of hydrogen-bond acceptors (Lipinski definition) is 6. The van der Waals surface area contributed by atoms with Gasteiger partial charge in [-0.05, 0) is 19.9 Å². The lowest BCUT2D eigenvalue weighted by molar-refractivity contribution is -0.137. The van der Waals surface area contributed by atoms with Gasteiger partial charge in [0.15, 0.2) is 5.65 Å². The number of pyridine rings is 1. The average Bonchev–Trinajstić information content (AvgIpc) is 3.17. The fourth-order valence-electron chi connectivity index (χ4n) is 2.35. The van der Waals surface area contributed by atoms with E-state index in [-0.39, 0.29) is 25.0 Å². The average molecular weight is 343 g/mol. The van der Waals surface area contributed by atoms with Crippen LogP contribution in [0.3, 0.4) is 0 Å². The Hall–Kier alpha value is -3.30. The van der Waals surface area contributed by atoms with Crippen LogP contribution in [0.2, 0.25) is 0 Å². The Morgan fingerprint density at radius 2 is 2.12 bits per heavy atom. The fourth-order valence-corrected chi connectivity index (χ4v) is 2.35. The van der Waals surface area contributed by atoms with Crippen LogP contribution in [-0.4, -0.2) is 46.7 Å². The number of aromatic nitrogens is 6. The Labute approximate surface area is 142 Å². The minimum absolute atomic E-state index is 0.141. The van der Waals surface area contributed by atoms with E-state index in [9.17, 15) is 9.59 Å². The molecule has 0 saturated carbocycles. The van der Waals surface area contributed by atoms with E-state index >= 15 is 0 Å². The predicted molar refractivity (Wildman–Crippen MR) is 86.7 cm³/mol. The van der Waals surface area contributed by atoms with E-state index in [4.69, 9.17) is 5.11 Å². The Morgan fingerprint density at radius 3 is 2.84 bits per heavy atom. The van der Waals surface area contributed by atoms with Crippen LogP contribution in [-0.2, 0) is 17.9 Å². The van der Waals surface area contributed by atoms with Gasteiger partial charge in [-0.15, -0.1) is 5.10 Å². The number of rotatable bonds is 6. The summed E-state index contributed by atoms with van der Waals surface area (Å²) in [6, 6.07) is 1.91. The number of carboxylic acid groups (broad SMARTS) is 1. The third-order valence-corrected chi connectivity index (χ3v) is 3.50. The van der Waals surface area contributed by atoms with Gasteiger partial charge in [-0.2, -0.15) is 5.10 Å². The third-order valence-electron chi connectivity index (χ3n) is 3.50. The van der Waals surface area contributed by atoms with Crippen molar-refractivity contribution in [3.63, 3.8) is 0 Å². The number of nitrogens with one attached hydrogen (secondary N) is 1. The molecule has 0 unspecified atom stereocenters. The standard InChI is InChI=1S/C15H17N7O3/c1-9(2)22-14-10(5-18-22)3-11(4-16-14)15(25)17-6-12-7-21(20-19-12)8-13(23)24/h3-5,7,9H,6,8H2,1-2H3,(H,17,25)(H,23,24). The highest BCUT2D eigenvalue weighted by Gasteiger charge is 2.12. The number of carboxylic acids is 1. The number of amides is 1. The molecule has 3 rings (SSSR count). The van der Waals surface area contributed by atoms with Crippen molar-refractivity contribution in [3.8, 4) is 0 Å². The Bertz CT molecular complexity index is 928. The maximum Gasteiger partial charge on any atom is 0.325 e. The van der Waals surface area contributed by atoms with Crippen LogP contribution >= 0.6 is 0 Å². The molecule has 0 radical (unpaired) electrons. The van der Waals surface area contributed by atoms with E-state index in [1.807, 2.05) is 13.8 Å². The molecule has 0 fully saturated rings. The number of carbonyl (C=O) groups is 2. The van der Waals surface area contributed by atoms with Crippen LogP contribution in [0.5, 0.6) is 0 Å². The second-order valence-corrected chi connectivity index (χ2v) is 5.80. The molecular weight excluding hydrogens is 326 g/mol. The molecule has 10 nitrogen and oxygen atoms in total. The molecule has 0 spiro atoms. The van der Waals surface area contributed by atoms with Crippen LogP contribution in [0.4, 0.5) is 0 Å². The van der Waals surface area contributed by atoms with Gasteiger partial charge in [0.2, 0.25) is 0 Å². The van der Waals surface area contributed by atoms with E-state index in [1.54, 1.807) is 16.9 Å². The van der Waals surface area contributed by atoms with Crippen molar-refractivity contribution in [2.75, 3.05) is 0 Å². The highest BCUT2D eigenvalue weighted by molar-refractivity contribution is 5.96. The van der Waals surface area contributed by atoms with Crippen molar-refractivity contribution in [2.24, 2.45) is 0 Å². The second kappa shape index (κ2) is 6.67. The minimum Gasteiger partial charge on any atom is -0.480 e. The van der Waals surface area contributed by atoms with Gasteiger partial charge in [-0.25, -0.2) is 14.3 Å². The first-order valence-corrected chi connectivity index (χ1v) is 7.66. The van der Waals surface area contributed by atoms with Gasteiger partial charge in [-0.3, -0.25) is 9.59 Å². The molecule has 3 aromatic rings. The van der Waals surface area contributed by atoms with Crippen LogP contribution in [0.1, 0.15) is 35.9 Å². The Balaban J connectivity index is 1.68. The highest BCUT2D eigenvalue weighted by atomic mass is 16.4. The summed E-state index contributed by atoms with van der Waals surface area (Å²) in [7, 11) is 0. The SMILES string of the molecule is CC(C)n1ncc2cc(C(=O)NCc3cn(CC(=O)O)nn3)cnc21. The lowest BCUT2D eigenvalue weighted by Gasteiger charge is -2.06. The van der Waals surface area contributed by atoms with E-state index in [1.165, 1.54) is 17.1 Å². The van der Waals surface area contributed by atoms with Crippen molar-refractivity contribution in [2.45, 2.75) is 33.0 Å². The number of fused-ring (bicyclic) bond motifs is 1. The molecule has 10 heteroatoms. The van der Waals surface area contributed by atoms with Crippen molar-refractivity contribution in [3.05, 3.63) is 35.9 Å². The molecule has 0 aliphatic heterocycles. The quantitative estimate of drug-likeness (QED) is 0.671. The zero-order valence-electron chi connectivity index (χ0n) is 13.7. The predicted octanol–water partition coefficient (Wildman–Crippen LogP) is 0.618. The molecule has 3 aromatic heterocycles. The normalized spacial score (nSPS) is 11.2. The first kappa shape index (κ1) is 16.6. The molecule has 0 aliphatic carbocycles. The van der Waals surface area contributed by atoms with Gasteiger partial charge in [0.1, 0.15) is 12.2 Å². The van der Waals surface area contributed by atoms with Gasteiger partial charge >= 0.3 is 5.97 Å². The molecule has 25 heavy (non-hydrogen) atoms. The van der Waals surface area contributed by atoms with Crippen molar-refractivity contribution in [1.82, 2.24) is 35.1 Å². The van der Waals surface area contributed by atoms with Crippen LogP contribution in [0.25, 0.3) is 11.0 Å². The Kier molecular flexibility index (Phi) is 4.42. The summed E-state index contributed by atoms with van der Waals surface area (Å²) in [6.45, 7) is 3.88. The molecule has 0 saturated heterocycles. The molecule has 0 aliphatic rings. The monoisotopic (exact) mass is 343 g/mol. The van der Waals surface area contributed by atoms with Gasteiger partial charge in [0.25, 0.3) is 5.91 Å². The first-order valence-electron chi connectivity index (χ1n) is 7.66. The van der Waals surface area contributed by atoms with Crippen molar-refractivity contribution < 1.29 is 14.7 Å². The van der Waals surface area contributed by atoms with Gasteiger partial charge in [0, 0.05) is 17.6 Å². The molecule has 130 valence electrons. The second-order valence-electron chi connectivity index (χ2n) is 5.80. The summed E-state index contributed by atoms with van der Waals surface area (Å²) in [5, 5.41) is 23.9. The minimum atomic E-state index is -1.01. The summed E-state index contributed by atoms with van der Waals surface area (Å²) in [4.78, 5) is 27.2. The van der Waals surface area contributed by atoms with E-state index < -0.39 is 5.97 Å². The molecule has 0 bridgehead atoms. The van der Waals surface area contributed by atoms with Gasteiger partial charge in [-0.1, -0.05) is 5.21 Å². The maximum absolute atomic E-state index is 12.3. The van der Waals surface area contributed by atoms with E-state index in [0.717, 1.165) is 11.0 Å². The molecule has 0 aromatic carbocycles. The van der Waals surface area contributed by atoms with E-state index in [2.05, 4.69) is 25.7 Å². The topological polar surface area (TPSA) is 128 Å². The smallest absolute Gasteiger partial charge is 0.325 e. The first-order chi connectivity index (χ1) is 11.9. The lowest BCUT2D eigenvalue weighted by atomic mass is 10.2. The van der Waals surface area contributed by atoms with Crippen LogP contribution in [0, 0.1) is 0 Å². The van der Waals surface area contributed by atoms with Crippen molar-refractivity contribution in [1.29, 1.82) is 0 Å². The van der Waals surface area contributed by atoms with Crippen LogP contribution < -0.4 is 5.32 Å². The molecule has 2 N–H and O–H groups in total. The highest BCUT2D eigenvalue weighted by Crippen LogP contribution is 2.16. The van der Waals surface area contributed by atoms with Crippen molar-refractivity contribution >= 4 is 22.9 Å². The molecule has 0 atom stereocenters. The molecule has 3 heterocycles. The zero-order valence-corrected chi connectivity index (χ0v) is 13.7. The third kappa shape index (κ3) is 3.62. The summed E-state index contributed by atoms with van der Waals surface area (Å²) in [5.41, 5.74) is 1.60. The zero-order chi connectivity index (χ0) is 18.0. The van der Waals surface area contributed by atoms with Gasteiger partial charge < -0.3 is 10.4 Å². The van der Waals surface area contributed by atoms with Gasteiger partial charge in [0.05, 0.1) is 24.5 Å². The summed E-state index contributed by atoms with van der Waals surface area (Å²) in [6.07, 6.45) is 4.65. The maximum atomic E-state index is 12.3. The largest absolute Gasteiger partial charge is 0.480 e. The molecular formula is C15H17N7O3. The fraction of sp³-hybridized carbons (Fsp3) is 0.333. The Morgan fingerprint density at radius 1 is 1.32 bits per heavy atom. The molecule has 1 amide bonds. The van der Waals surface area contributed by atoms with Crippen LogP contribution in [0.15, 0.2) is 24.7 Å². The number of nitrogens with zero attached hydrogens (tertiary/aromatic N) is 6. The number of aliphatic carboxylic acids is 1. The summed E-state index contributed by atoms with van der Waals surface area (Å²) >= 11 is 0.